The lowest BCUT2D eigenvalue weighted by Gasteiger charge is -2.10. The first-order valence-corrected chi connectivity index (χ1v) is 11.9. The summed E-state index contributed by atoms with van der Waals surface area (Å²) in [6.45, 7) is 4.04. The third-order valence-electron chi connectivity index (χ3n) is 5.22. The molecule has 0 saturated carbocycles. The molecule has 5 aromatic rings. The van der Waals surface area contributed by atoms with E-state index in [0.717, 1.165) is 0 Å². The third-order valence-corrected chi connectivity index (χ3v) is 6.15. The average Bonchev–Trinajstić information content (AvgIpc) is 3.30. The number of thioether (sulfide) groups is 1. The van der Waals surface area contributed by atoms with Gasteiger partial charge in [0.05, 0.1) is 16.7 Å². The minimum atomic E-state index is -0.202. The van der Waals surface area contributed by atoms with Gasteiger partial charge < -0.3 is 10.1 Å². The lowest BCUT2D eigenvalue weighted by atomic mass is 10.2. The normalized spacial score (nSPS) is 11.0. The maximum absolute atomic E-state index is 12.9. The molecule has 1 amide bonds. The fraction of sp³-hybridized carbons (Fsp3) is 0.0769. The van der Waals surface area contributed by atoms with Gasteiger partial charge in [-0.1, -0.05) is 54.2 Å². The van der Waals surface area contributed by atoms with Gasteiger partial charge in [-0.15, -0.1) is 16.8 Å². The Hall–Kier alpha value is -4.37. The molecule has 0 aliphatic heterocycles. The number of benzene rings is 3. The van der Waals surface area contributed by atoms with Crippen LogP contribution in [-0.2, 0) is 11.3 Å². The van der Waals surface area contributed by atoms with Crippen LogP contribution in [0.5, 0.6) is 11.5 Å². The molecule has 0 atom stereocenters. The highest BCUT2D eigenvalue weighted by Crippen LogP contribution is 2.25. The summed E-state index contributed by atoms with van der Waals surface area (Å²) < 4.78 is 9.15. The van der Waals surface area contributed by atoms with Crippen molar-refractivity contribution < 1.29 is 9.53 Å². The zero-order valence-corrected chi connectivity index (χ0v) is 19.4. The quantitative estimate of drug-likeness (QED) is 0.253. The molecular formula is C26H21N5O3S. The molecule has 2 heterocycles. The van der Waals surface area contributed by atoms with Crippen molar-refractivity contribution in [1.82, 2.24) is 19.2 Å². The van der Waals surface area contributed by atoms with Crippen LogP contribution in [0, 0.1) is 0 Å². The molecule has 0 aliphatic rings. The fourth-order valence-electron chi connectivity index (χ4n) is 3.71. The first-order chi connectivity index (χ1) is 17.1. The van der Waals surface area contributed by atoms with Crippen molar-refractivity contribution in [2.24, 2.45) is 0 Å². The molecule has 174 valence electrons. The predicted molar refractivity (Wildman–Crippen MR) is 137 cm³/mol. The molecule has 0 bridgehead atoms. The van der Waals surface area contributed by atoms with Crippen molar-refractivity contribution >= 4 is 40.0 Å². The van der Waals surface area contributed by atoms with E-state index in [1.807, 2.05) is 60.7 Å². The summed E-state index contributed by atoms with van der Waals surface area (Å²) in [6.07, 6.45) is 1.64. The molecule has 8 nitrogen and oxygen atoms in total. The fourth-order valence-corrected chi connectivity index (χ4v) is 4.45. The summed E-state index contributed by atoms with van der Waals surface area (Å²) in [5.41, 5.74) is 1.15. The number of rotatable bonds is 8. The molecule has 0 fully saturated rings. The number of fused-ring (bicyclic) bond motifs is 3. The number of hydrogen-bond acceptors (Lipinski definition) is 6. The number of para-hydroxylation sites is 2. The van der Waals surface area contributed by atoms with E-state index < -0.39 is 0 Å². The number of carbonyl (C=O) groups excluding carboxylic acids is 1. The number of amides is 1. The van der Waals surface area contributed by atoms with E-state index in [1.165, 1.54) is 16.3 Å². The smallest absolute Gasteiger partial charge is 0.263 e. The van der Waals surface area contributed by atoms with Gasteiger partial charge in [-0.3, -0.25) is 18.6 Å². The minimum absolute atomic E-state index is 0.111. The van der Waals surface area contributed by atoms with Crippen molar-refractivity contribution in [3.63, 3.8) is 0 Å². The van der Waals surface area contributed by atoms with Crippen molar-refractivity contribution in [2.45, 2.75) is 11.7 Å². The van der Waals surface area contributed by atoms with Gasteiger partial charge in [0.1, 0.15) is 11.5 Å². The largest absolute Gasteiger partial charge is 0.457 e. The average molecular weight is 484 g/mol. The molecule has 0 radical (unpaired) electrons. The highest BCUT2D eigenvalue weighted by Gasteiger charge is 2.17. The van der Waals surface area contributed by atoms with Crippen LogP contribution in [0.25, 0.3) is 16.7 Å². The van der Waals surface area contributed by atoms with E-state index in [4.69, 9.17) is 4.74 Å². The number of carbonyl (C=O) groups is 1. The van der Waals surface area contributed by atoms with E-state index >= 15 is 0 Å². The predicted octanol–water partition coefficient (Wildman–Crippen LogP) is 4.75. The number of anilines is 1. The Balaban J connectivity index is 1.35. The zero-order chi connectivity index (χ0) is 24.2. The van der Waals surface area contributed by atoms with E-state index in [1.54, 1.807) is 28.7 Å². The first kappa shape index (κ1) is 22.4. The van der Waals surface area contributed by atoms with Crippen molar-refractivity contribution in [3.8, 4) is 11.5 Å². The molecule has 0 unspecified atom stereocenters. The van der Waals surface area contributed by atoms with Crippen molar-refractivity contribution in [2.75, 3.05) is 11.1 Å². The summed E-state index contributed by atoms with van der Waals surface area (Å²) in [5, 5.41) is 12.4. The van der Waals surface area contributed by atoms with Gasteiger partial charge in [-0.25, -0.2) is 0 Å². The van der Waals surface area contributed by atoms with Gasteiger partial charge in [-0.2, -0.15) is 0 Å². The van der Waals surface area contributed by atoms with Crippen molar-refractivity contribution in [3.05, 3.63) is 102 Å². The maximum atomic E-state index is 12.9. The summed E-state index contributed by atoms with van der Waals surface area (Å²) in [6, 6.07) is 23.9. The van der Waals surface area contributed by atoms with Gasteiger partial charge >= 0.3 is 0 Å². The van der Waals surface area contributed by atoms with Crippen LogP contribution in [0.3, 0.4) is 0 Å². The molecule has 0 spiro atoms. The Bertz CT molecular complexity index is 1590. The lowest BCUT2D eigenvalue weighted by molar-refractivity contribution is -0.113. The molecule has 1 N–H and O–H groups in total. The Morgan fingerprint density at radius 2 is 1.77 bits per heavy atom. The summed E-state index contributed by atoms with van der Waals surface area (Å²) >= 11 is 1.24. The number of nitrogens with one attached hydrogen (secondary N) is 1. The molecule has 2 aromatic heterocycles. The van der Waals surface area contributed by atoms with Crippen LogP contribution in [0.15, 0.2) is 101 Å². The lowest BCUT2D eigenvalue weighted by Crippen LogP contribution is -2.22. The summed E-state index contributed by atoms with van der Waals surface area (Å²) in [5.74, 6) is 1.65. The minimum Gasteiger partial charge on any atom is -0.457 e. The number of aromatic nitrogens is 4. The van der Waals surface area contributed by atoms with Gasteiger partial charge in [0, 0.05) is 18.3 Å². The van der Waals surface area contributed by atoms with Crippen LogP contribution in [-0.4, -0.2) is 30.8 Å². The third kappa shape index (κ3) is 4.67. The standard InChI is InChI=1S/C26H21N5O3S/c1-2-15-30-24(33)21-13-6-7-14-22(21)31-25(30)28-29-26(31)35-17-23(32)27-18-9-8-12-20(16-18)34-19-10-4-3-5-11-19/h2-14,16H,1,15,17H2,(H,27,32). The van der Waals surface area contributed by atoms with E-state index in [9.17, 15) is 9.59 Å². The van der Waals surface area contributed by atoms with Crippen LogP contribution < -0.4 is 15.6 Å². The SMILES string of the molecule is C=CCn1c(=O)c2ccccc2n2c(SCC(=O)Nc3cccc(Oc4ccccc4)c3)nnc12. The molecule has 9 heteroatoms. The highest BCUT2D eigenvalue weighted by atomic mass is 32.2. The van der Waals surface area contributed by atoms with Crippen molar-refractivity contribution in [1.29, 1.82) is 0 Å². The molecule has 5 rings (SSSR count). The van der Waals surface area contributed by atoms with Crippen LogP contribution in [0.4, 0.5) is 5.69 Å². The highest BCUT2D eigenvalue weighted by molar-refractivity contribution is 7.99. The second-order valence-corrected chi connectivity index (χ2v) is 8.56. The van der Waals surface area contributed by atoms with Gasteiger partial charge in [-0.05, 0) is 36.4 Å². The van der Waals surface area contributed by atoms with Crippen LogP contribution in [0.1, 0.15) is 0 Å². The maximum Gasteiger partial charge on any atom is 0.263 e. The Morgan fingerprint density at radius 3 is 2.60 bits per heavy atom. The number of hydrogen-bond donors (Lipinski definition) is 1. The Kier molecular flexibility index (Phi) is 6.32. The van der Waals surface area contributed by atoms with Crippen LogP contribution in [0.2, 0.25) is 0 Å². The second-order valence-electron chi connectivity index (χ2n) is 7.62. The van der Waals surface area contributed by atoms with E-state index in [-0.39, 0.29) is 17.2 Å². The van der Waals surface area contributed by atoms with Gasteiger partial charge in [0.25, 0.3) is 5.56 Å². The zero-order valence-electron chi connectivity index (χ0n) is 18.6. The summed E-state index contributed by atoms with van der Waals surface area (Å²) in [4.78, 5) is 25.6. The topological polar surface area (TPSA) is 90.5 Å². The van der Waals surface area contributed by atoms with Crippen LogP contribution >= 0.6 is 11.8 Å². The molecule has 0 aliphatic carbocycles. The van der Waals surface area contributed by atoms with E-state index in [0.29, 0.717) is 45.6 Å². The van der Waals surface area contributed by atoms with Gasteiger partial charge in [0.2, 0.25) is 11.7 Å². The number of allylic oxidation sites excluding steroid dienone is 1. The monoisotopic (exact) mass is 483 g/mol. The number of ether oxygens (including phenoxy) is 1. The molecular weight excluding hydrogens is 462 g/mol. The second kappa shape index (κ2) is 9.86. The first-order valence-electron chi connectivity index (χ1n) is 10.9. The summed E-state index contributed by atoms with van der Waals surface area (Å²) in [7, 11) is 0. The Labute approximate surface area is 204 Å². The molecule has 35 heavy (non-hydrogen) atoms. The molecule has 3 aromatic carbocycles. The van der Waals surface area contributed by atoms with Gasteiger partial charge in [0.15, 0.2) is 5.16 Å². The Morgan fingerprint density at radius 1 is 1.00 bits per heavy atom. The molecule has 0 saturated heterocycles. The van der Waals surface area contributed by atoms with E-state index in [2.05, 4.69) is 22.1 Å². The number of nitrogens with zero attached hydrogens (tertiary/aromatic N) is 4.